The van der Waals surface area contributed by atoms with E-state index >= 15 is 0 Å². The standard InChI is InChI=1S/C25H23F3N6O.C7H8O3S/c1-16-14-33(15-29-16)21-11-9-17(30-24(21)35-2)10-12-22-31-23-19(7-5-13-34(23)32-22)18-6-3-4-8-20(18)25(26,27)28;1-6-2-4-7(5-3-6)11(8,9)10/h3-4,6,8-12,14-15,19H,5,7,13H2,1-2H3;2-5H,1H3,(H,8,9,10)/b12-10+;/t19-;/m0./s1. The van der Waals surface area contributed by atoms with E-state index in [9.17, 15) is 21.6 Å². The van der Waals surface area contributed by atoms with E-state index in [1.807, 2.05) is 36.7 Å². The predicted molar refractivity (Wildman–Crippen MR) is 165 cm³/mol. The first-order valence-electron chi connectivity index (χ1n) is 14.2. The fourth-order valence-electron chi connectivity index (χ4n) is 5.10. The van der Waals surface area contributed by atoms with Gasteiger partial charge in [-0.25, -0.2) is 19.6 Å². The van der Waals surface area contributed by atoms with E-state index in [0.29, 0.717) is 36.2 Å². The molecular weight excluding hydrogens is 621 g/mol. The summed E-state index contributed by atoms with van der Waals surface area (Å²) >= 11 is 0. The largest absolute Gasteiger partial charge is 0.479 e. The Balaban J connectivity index is 0.000000322. The minimum absolute atomic E-state index is 0.0666. The maximum Gasteiger partial charge on any atom is 0.416 e. The molecule has 10 nitrogen and oxygen atoms in total. The predicted octanol–water partition coefficient (Wildman–Crippen LogP) is 6.53. The number of benzene rings is 2. The van der Waals surface area contributed by atoms with E-state index in [1.165, 1.54) is 24.3 Å². The quantitative estimate of drug-likeness (QED) is 0.205. The molecule has 0 saturated heterocycles. The first kappa shape index (κ1) is 32.6. The van der Waals surface area contributed by atoms with Crippen molar-refractivity contribution in [3.8, 4) is 11.6 Å². The minimum atomic E-state index is -4.42. The third-order valence-corrected chi connectivity index (χ3v) is 8.17. The topological polar surface area (TPSA) is 125 Å². The molecule has 4 heterocycles. The molecule has 1 atom stereocenters. The molecule has 0 saturated carbocycles. The zero-order valence-corrected chi connectivity index (χ0v) is 26.0. The smallest absolute Gasteiger partial charge is 0.416 e. The van der Waals surface area contributed by atoms with Gasteiger partial charge in [0.05, 0.1) is 35.3 Å². The number of ether oxygens (including phenoxy) is 1. The van der Waals surface area contributed by atoms with Gasteiger partial charge in [-0.1, -0.05) is 35.9 Å². The normalized spacial score (nSPS) is 14.9. The van der Waals surface area contributed by atoms with E-state index in [2.05, 4.69) is 20.1 Å². The summed E-state index contributed by atoms with van der Waals surface area (Å²) in [6, 6.07) is 15.4. The van der Waals surface area contributed by atoms with E-state index < -0.39 is 27.8 Å². The van der Waals surface area contributed by atoms with E-state index in [0.717, 1.165) is 29.4 Å². The van der Waals surface area contributed by atoms with Crippen molar-refractivity contribution in [3.05, 3.63) is 113 Å². The van der Waals surface area contributed by atoms with Crippen LogP contribution in [-0.4, -0.2) is 49.4 Å². The van der Waals surface area contributed by atoms with Gasteiger partial charge >= 0.3 is 6.18 Å². The molecule has 3 aromatic heterocycles. The molecule has 240 valence electrons. The highest BCUT2D eigenvalue weighted by molar-refractivity contribution is 7.85. The van der Waals surface area contributed by atoms with Crippen LogP contribution in [0.2, 0.25) is 0 Å². The molecule has 0 spiro atoms. The summed E-state index contributed by atoms with van der Waals surface area (Å²) in [5.74, 6) is 0.938. The number of imidazole rings is 1. The zero-order chi connectivity index (χ0) is 33.1. The van der Waals surface area contributed by atoms with Crippen LogP contribution in [0.5, 0.6) is 5.88 Å². The SMILES string of the molecule is COc1nc(/C=C/c2nc3n(n2)CCC[C@H]3c2ccccc2C(F)(F)F)ccc1-n1cnc(C)c1.Cc1ccc(S(=O)(=O)O)cc1. The molecule has 0 fully saturated rings. The first-order chi connectivity index (χ1) is 21.8. The highest BCUT2D eigenvalue weighted by Crippen LogP contribution is 2.40. The van der Waals surface area contributed by atoms with Crippen molar-refractivity contribution >= 4 is 22.3 Å². The fraction of sp³-hybridized carbons (Fsp3) is 0.250. The number of methoxy groups -OCH3 is 1. The first-order valence-corrected chi connectivity index (χ1v) is 15.7. The van der Waals surface area contributed by atoms with Crippen LogP contribution in [-0.2, 0) is 22.8 Å². The number of nitrogens with zero attached hydrogens (tertiary/aromatic N) is 6. The average molecular weight is 653 g/mol. The third kappa shape index (κ3) is 7.51. The molecule has 6 rings (SSSR count). The summed E-state index contributed by atoms with van der Waals surface area (Å²) in [5.41, 5.74) is 2.84. The summed E-state index contributed by atoms with van der Waals surface area (Å²) in [5, 5.41) is 4.51. The maximum absolute atomic E-state index is 13.6. The Morgan fingerprint density at radius 3 is 2.39 bits per heavy atom. The van der Waals surface area contributed by atoms with Gasteiger partial charge in [-0.2, -0.15) is 26.7 Å². The van der Waals surface area contributed by atoms with E-state index in [1.54, 1.807) is 48.5 Å². The van der Waals surface area contributed by atoms with Gasteiger partial charge in [0.15, 0.2) is 5.82 Å². The molecule has 14 heteroatoms. The Labute approximate surface area is 264 Å². The van der Waals surface area contributed by atoms with Crippen molar-refractivity contribution in [2.75, 3.05) is 7.11 Å². The number of hydrogen-bond donors (Lipinski definition) is 1. The number of pyridine rings is 1. The number of aryl methyl sites for hydroxylation is 3. The Kier molecular flexibility index (Phi) is 9.39. The van der Waals surface area contributed by atoms with Crippen LogP contribution < -0.4 is 4.74 Å². The van der Waals surface area contributed by atoms with Gasteiger partial charge in [-0.05, 0) is 74.7 Å². The number of aromatic nitrogens is 6. The Bertz CT molecular complexity index is 1970. The van der Waals surface area contributed by atoms with Crippen LogP contribution in [0.25, 0.3) is 17.8 Å². The summed E-state index contributed by atoms with van der Waals surface area (Å²) in [6.07, 6.45) is 3.92. The van der Waals surface area contributed by atoms with Gasteiger partial charge in [0.2, 0.25) is 5.88 Å². The van der Waals surface area contributed by atoms with Crippen LogP contribution in [0.15, 0.2) is 78.1 Å². The molecule has 0 aliphatic carbocycles. The van der Waals surface area contributed by atoms with Crippen molar-refractivity contribution < 1.29 is 30.9 Å². The van der Waals surface area contributed by atoms with Crippen molar-refractivity contribution in [2.45, 2.75) is 50.2 Å². The molecule has 5 aromatic rings. The van der Waals surface area contributed by atoms with Crippen molar-refractivity contribution in [2.24, 2.45) is 0 Å². The highest BCUT2D eigenvalue weighted by Gasteiger charge is 2.37. The van der Waals surface area contributed by atoms with E-state index in [-0.39, 0.29) is 10.5 Å². The third-order valence-electron chi connectivity index (χ3n) is 7.30. The van der Waals surface area contributed by atoms with Gasteiger partial charge in [-0.3, -0.25) is 4.55 Å². The van der Waals surface area contributed by atoms with Gasteiger partial charge in [0, 0.05) is 18.7 Å². The van der Waals surface area contributed by atoms with Crippen LogP contribution in [0.4, 0.5) is 13.2 Å². The van der Waals surface area contributed by atoms with Crippen molar-refractivity contribution in [1.29, 1.82) is 0 Å². The molecule has 0 amide bonds. The number of fused-ring (bicyclic) bond motifs is 1. The number of rotatable bonds is 6. The van der Waals surface area contributed by atoms with Crippen LogP contribution in [0.1, 0.15) is 58.5 Å². The lowest BCUT2D eigenvalue weighted by Gasteiger charge is -2.25. The van der Waals surface area contributed by atoms with Crippen LogP contribution >= 0.6 is 0 Å². The van der Waals surface area contributed by atoms with Crippen LogP contribution in [0.3, 0.4) is 0 Å². The maximum atomic E-state index is 13.6. The van der Waals surface area contributed by atoms with Gasteiger partial charge in [0.25, 0.3) is 10.1 Å². The lowest BCUT2D eigenvalue weighted by molar-refractivity contribution is -0.138. The number of hydrogen-bond acceptors (Lipinski definition) is 7. The molecule has 1 N–H and O–H groups in total. The van der Waals surface area contributed by atoms with Gasteiger partial charge in [0.1, 0.15) is 11.5 Å². The number of alkyl halides is 3. The molecule has 0 unspecified atom stereocenters. The van der Waals surface area contributed by atoms with E-state index in [4.69, 9.17) is 9.29 Å². The molecule has 0 radical (unpaired) electrons. The lowest BCUT2D eigenvalue weighted by atomic mass is 9.88. The van der Waals surface area contributed by atoms with Gasteiger partial charge < -0.3 is 9.30 Å². The monoisotopic (exact) mass is 652 g/mol. The highest BCUT2D eigenvalue weighted by atomic mass is 32.2. The van der Waals surface area contributed by atoms with Gasteiger partial charge in [-0.15, -0.1) is 0 Å². The second-order valence-corrected chi connectivity index (χ2v) is 12.1. The second kappa shape index (κ2) is 13.3. The molecule has 0 bridgehead atoms. The van der Waals surface area contributed by atoms with Crippen molar-refractivity contribution in [1.82, 2.24) is 29.3 Å². The Hall–Kier alpha value is -4.82. The zero-order valence-electron chi connectivity index (χ0n) is 25.2. The minimum Gasteiger partial charge on any atom is -0.479 e. The molecule has 46 heavy (non-hydrogen) atoms. The summed E-state index contributed by atoms with van der Waals surface area (Å²) in [7, 11) is -2.47. The lowest BCUT2D eigenvalue weighted by Crippen LogP contribution is -2.21. The fourth-order valence-corrected chi connectivity index (χ4v) is 5.58. The Morgan fingerprint density at radius 1 is 1.00 bits per heavy atom. The summed E-state index contributed by atoms with van der Waals surface area (Å²) in [4.78, 5) is 13.3. The average Bonchev–Trinajstić information content (AvgIpc) is 3.65. The molecule has 1 aliphatic rings. The summed E-state index contributed by atoms with van der Waals surface area (Å²) < 4.78 is 79.4. The Morgan fingerprint density at radius 2 is 1.74 bits per heavy atom. The summed E-state index contributed by atoms with van der Waals surface area (Å²) in [6.45, 7) is 4.36. The number of halogens is 3. The van der Waals surface area contributed by atoms with Crippen molar-refractivity contribution in [3.63, 3.8) is 0 Å². The van der Waals surface area contributed by atoms with Crippen LogP contribution in [0, 0.1) is 13.8 Å². The second-order valence-electron chi connectivity index (χ2n) is 10.6. The molecule has 2 aromatic carbocycles. The molecular formula is C32H31F3N6O4S. The molecule has 1 aliphatic heterocycles.